The zero-order valence-electron chi connectivity index (χ0n) is 17.5. The van der Waals surface area contributed by atoms with Gasteiger partial charge in [0.1, 0.15) is 0 Å². The molecule has 2 heterocycles. The van der Waals surface area contributed by atoms with E-state index in [1.54, 1.807) is 0 Å². The number of alkyl halides is 3. The summed E-state index contributed by atoms with van der Waals surface area (Å²) in [5.41, 5.74) is 6.56. The van der Waals surface area contributed by atoms with Crippen molar-refractivity contribution < 1.29 is 27.9 Å². The first kappa shape index (κ1) is 23.4. The van der Waals surface area contributed by atoms with E-state index in [2.05, 4.69) is 16.9 Å². The molecule has 0 atom stereocenters. The minimum atomic E-state index is -5.08. The van der Waals surface area contributed by atoms with E-state index < -0.39 is 12.1 Å². The van der Waals surface area contributed by atoms with Gasteiger partial charge in [0.15, 0.2) is 0 Å². The Morgan fingerprint density at radius 3 is 2.27 bits per heavy atom. The van der Waals surface area contributed by atoms with Crippen LogP contribution in [0.15, 0.2) is 18.2 Å². The fourth-order valence-corrected chi connectivity index (χ4v) is 3.10. The van der Waals surface area contributed by atoms with Crippen molar-refractivity contribution in [3.05, 3.63) is 51.8 Å². The van der Waals surface area contributed by atoms with E-state index in [1.807, 2.05) is 55.8 Å². The van der Waals surface area contributed by atoms with E-state index >= 15 is 0 Å². The first-order valence-corrected chi connectivity index (χ1v) is 9.16. The Morgan fingerprint density at radius 2 is 1.77 bits per heavy atom. The van der Waals surface area contributed by atoms with Gasteiger partial charge in [0.05, 0.1) is 24.5 Å². The third-order valence-corrected chi connectivity index (χ3v) is 4.80. The maximum absolute atomic E-state index is 12.8. The Balaban J connectivity index is 0.000000396. The lowest BCUT2D eigenvalue weighted by Gasteiger charge is -2.17. The zero-order chi connectivity index (χ0) is 22.8. The normalized spacial score (nSPS) is 13.2. The Kier molecular flexibility index (Phi) is 6.91. The van der Waals surface area contributed by atoms with Crippen molar-refractivity contribution in [1.82, 2.24) is 19.6 Å². The second-order valence-corrected chi connectivity index (χ2v) is 7.50. The lowest BCUT2D eigenvalue weighted by molar-refractivity contribution is -0.192. The average Bonchev–Trinajstić information content (AvgIpc) is 3.18. The van der Waals surface area contributed by atoms with Gasteiger partial charge in [0.2, 0.25) is 0 Å². The molecule has 164 valence electrons. The summed E-state index contributed by atoms with van der Waals surface area (Å²) in [7, 11) is 6.03. The second-order valence-electron chi connectivity index (χ2n) is 7.50. The standard InChI is InChI=1S/C18H24N4O.C2HF3O2/c1-12-6-7-14(8-13(12)2)18(23)22-9-15-16(10-20(3)4)19-21(5)17(15)11-22;3-2(4,5)1(6)7/h6-8H,9-11H2,1-5H3;(H,6,7). The first-order chi connectivity index (χ1) is 13.8. The summed E-state index contributed by atoms with van der Waals surface area (Å²) in [4.78, 5) is 25.7. The number of hydrogen-bond donors (Lipinski definition) is 1. The van der Waals surface area contributed by atoms with E-state index in [1.165, 1.54) is 11.1 Å². The first-order valence-electron chi connectivity index (χ1n) is 9.16. The number of fused-ring (bicyclic) bond motifs is 1. The van der Waals surface area contributed by atoms with Crippen molar-refractivity contribution >= 4 is 11.9 Å². The van der Waals surface area contributed by atoms with Crippen LogP contribution in [0.1, 0.15) is 38.4 Å². The quantitative estimate of drug-likeness (QED) is 0.817. The number of aliphatic carboxylic acids is 1. The number of carboxylic acid groups (broad SMARTS) is 1. The number of aromatic nitrogens is 2. The number of rotatable bonds is 3. The fourth-order valence-electron chi connectivity index (χ4n) is 3.10. The predicted molar refractivity (Wildman–Crippen MR) is 104 cm³/mol. The van der Waals surface area contributed by atoms with Crippen LogP contribution < -0.4 is 0 Å². The molecule has 0 radical (unpaired) electrons. The Labute approximate surface area is 172 Å². The molecule has 1 aromatic heterocycles. The van der Waals surface area contributed by atoms with Crippen molar-refractivity contribution in [2.75, 3.05) is 14.1 Å². The maximum atomic E-state index is 12.8. The summed E-state index contributed by atoms with van der Waals surface area (Å²) in [6, 6.07) is 5.93. The summed E-state index contributed by atoms with van der Waals surface area (Å²) < 4.78 is 33.7. The van der Waals surface area contributed by atoms with E-state index in [9.17, 15) is 18.0 Å². The van der Waals surface area contributed by atoms with Gasteiger partial charge >= 0.3 is 12.1 Å². The Hall–Kier alpha value is -2.88. The molecule has 1 aromatic carbocycles. The number of hydrogen-bond acceptors (Lipinski definition) is 4. The topological polar surface area (TPSA) is 78.7 Å². The van der Waals surface area contributed by atoms with Crippen molar-refractivity contribution in [2.45, 2.75) is 39.7 Å². The fraction of sp³-hybridized carbons (Fsp3) is 0.450. The number of carboxylic acids is 1. The van der Waals surface area contributed by atoms with Crippen LogP contribution in [0.5, 0.6) is 0 Å². The van der Waals surface area contributed by atoms with E-state index in [-0.39, 0.29) is 5.91 Å². The third-order valence-electron chi connectivity index (χ3n) is 4.80. The van der Waals surface area contributed by atoms with Crippen molar-refractivity contribution in [3.63, 3.8) is 0 Å². The van der Waals surface area contributed by atoms with Crippen LogP contribution in [0.3, 0.4) is 0 Å². The van der Waals surface area contributed by atoms with E-state index in [4.69, 9.17) is 9.90 Å². The highest BCUT2D eigenvalue weighted by molar-refractivity contribution is 5.94. The Morgan fingerprint density at radius 1 is 1.17 bits per heavy atom. The molecule has 0 aliphatic carbocycles. The molecule has 7 nitrogen and oxygen atoms in total. The third kappa shape index (κ3) is 5.38. The van der Waals surface area contributed by atoms with Gasteiger partial charge in [-0.3, -0.25) is 9.48 Å². The largest absolute Gasteiger partial charge is 0.490 e. The highest BCUT2D eigenvalue weighted by atomic mass is 19.4. The molecule has 0 spiro atoms. The molecular formula is C20H25F3N4O3. The highest BCUT2D eigenvalue weighted by Gasteiger charge is 2.38. The van der Waals surface area contributed by atoms with Crippen LogP contribution in [0.2, 0.25) is 0 Å². The summed E-state index contributed by atoms with van der Waals surface area (Å²) in [6.45, 7) is 6.20. The number of carbonyl (C=O) groups excluding carboxylic acids is 1. The minimum Gasteiger partial charge on any atom is -0.475 e. The second kappa shape index (κ2) is 8.86. The average molecular weight is 426 g/mol. The lowest BCUT2D eigenvalue weighted by Crippen LogP contribution is -2.26. The van der Waals surface area contributed by atoms with Gasteiger partial charge in [0, 0.05) is 24.7 Å². The minimum absolute atomic E-state index is 0.0973. The number of nitrogens with zero attached hydrogens (tertiary/aromatic N) is 4. The predicted octanol–water partition coefficient (Wildman–Crippen LogP) is 2.89. The van der Waals surface area contributed by atoms with Crippen LogP contribution >= 0.6 is 0 Å². The highest BCUT2D eigenvalue weighted by Crippen LogP contribution is 2.27. The number of benzene rings is 1. The molecule has 1 aliphatic heterocycles. The molecule has 3 rings (SSSR count). The number of amides is 1. The van der Waals surface area contributed by atoms with Gasteiger partial charge in [-0.05, 0) is 51.2 Å². The van der Waals surface area contributed by atoms with Crippen molar-refractivity contribution in [2.24, 2.45) is 7.05 Å². The molecule has 0 bridgehead atoms. The summed E-state index contributed by atoms with van der Waals surface area (Å²) in [6.07, 6.45) is -5.08. The molecular weight excluding hydrogens is 401 g/mol. The molecule has 0 unspecified atom stereocenters. The number of aryl methyl sites for hydroxylation is 3. The molecule has 1 N–H and O–H groups in total. The van der Waals surface area contributed by atoms with Gasteiger partial charge in [-0.25, -0.2) is 4.79 Å². The Bertz CT molecular complexity index is 952. The zero-order valence-corrected chi connectivity index (χ0v) is 17.5. The van der Waals surface area contributed by atoms with Gasteiger partial charge in [-0.15, -0.1) is 0 Å². The van der Waals surface area contributed by atoms with Gasteiger partial charge < -0.3 is 14.9 Å². The van der Waals surface area contributed by atoms with Crippen molar-refractivity contribution in [1.29, 1.82) is 0 Å². The van der Waals surface area contributed by atoms with Crippen LogP contribution in [-0.2, 0) is 31.5 Å². The lowest BCUT2D eigenvalue weighted by atomic mass is 10.1. The molecule has 0 saturated heterocycles. The molecule has 10 heteroatoms. The van der Waals surface area contributed by atoms with Crippen LogP contribution in [0.25, 0.3) is 0 Å². The molecule has 0 fully saturated rings. The SMILES string of the molecule is Cc1ccc(C(=O)N2Cc3c(CN(C)C)nn(C)c3C2)cc1C.O=C(O)C(F)(F)F. The van der Waals surface area contributed by atoms with Crippen LogP contribution in [-0.4, -0.2) is 56.8 Å². The maximum Gasteiger partial charge on any atom is 0.490 e. The molecule has 0 saturated carbocycles. The van der Waals surface area contributed by atoms with E-state index in [0.29, 0.717) is 13.1 Å². The summed E-state index contributed by atoms with van der Waals surface area (Å²) >= 11 is 0. The molecule has 1 aliphatic rings. The van der Waals surface area contributed by atoms with Gasteiger partial charge in [0.25, 0.3) is 5.91 Å². The molecule has 1 amide bonds. The molecule has 2 aromatic rings. The van der Waals surface area contributed by atoms with E-state index in [0.717, 1.165) is 29.1 Å². The van der Waals surface area contributed by atoms with Crippen LogP contribution in [0, 0.1) is 13.8 Å². The molecule has 30 heavy (non-hydrogen) atoms. The number of carbonyl (C=O) groups is 2. The number of halogens is 3. The van der Waals surface area contributed by atoms with Crippen molar-refractivity contribution in [3.8, 4) is 0 Å². The smallest absolute Gasteiger partial charge is 0.475 e. The monoisotopic (exact) mass is 426 g/mol. The van der Waals surface area contributed by atoms with Gasteiger partial charge in [-0.2, -0.15) is 18.3 Å². The summed E-state index contributed by atoms with van der Waals surface area (Å²) in [5.74, 6) is -2.66. The van der Waals surface area contributed by atoms with Gasteiger partial charge in [-0.1, -0.05) is 6.07 Å². The van der Waals surface area contributed by atoms with Crippen LogP contribution in [0.4, 0.5) is 13.2 Å². The summed E-state index contributed by atoms with van der Waals surface area (Å²) in [5, 5.41) is 11.7.